The molecule has 7 atom stereocenters. The van der Waals surface area contributed by atoms with E-state index in [2.05, 4.69) is 38.3 Å². The van der Waals surface area contributed by atoms with E-state index in [1.54, 1.807) is 7.05 Å². The van der Waals surface area contributed by atoms with Crippen molar-refractivity contribution in [2.45, 2.75) is 71.1 Å². The predicted octanol–water partition coefficient (Wildman–Crippen LogP) is 4.59. The standard InChI is InChI=1S/C31H41ClF3N3O4/c1-15(2)12-31(3,4)13-22-24-21-11-20(34)27(35)25(24)26(29(41)37-21)23(16-6-7-19(33)18(32)10-16)28(38(22)5)30(42)36-9-8-17(40)14-39/h6-7,10-11,15,17,22-26,28,39-40H,8-9,12-14H2,1-5H3,(H,36,42)(H,37,41)/t17-,22+,23+,24?,25?,26-,28+/m0/s1. The fraction of sp³-hybridized carbons (Fsp3) is 0.613. The number of amides is 2. The predicted molar refractivity (Wildman–Crippen MR) is 154 cm³/mol. The molecule has 2 unspecified atom stereocenters. The van der Waals surface area contributed by atoms with Crippen molar-refractivity contribution < 1.29 is 33.0 Å². The van der Waals surface area contributed by atoms with E-state index < -0.39 is 77.8 Å². The highest BCUT2D eigenvalue weighted by atomic mass is 35.5. The number of aliphatic hydroxyl groups excluding tert-OH is 2. The van der Waals surface area contributed by atoms with Gasteiger partial charge in [0.25, 0.3) is 0 Å². The Morgan fingerprint density at radius 3 is 2.48 bits per heavy atom. The first-order valence-electron chi connectivity index (χ1n) is 14.5. The van der Waals surface area contributed by atoms with Crippen LogP contribution in [0.25, 0.3) is 0 Å². The summed E-state index contributed by atoms with van der Waals surface area (Å²) in [6.45, 7) is 7.98. The first kappa shape index (κ1) is 32.5. The van der Waals surface area contributed by atoms with Crippen molar-refractivity contribution in [3.05, 3.63) is 58.0 Å². The molecule has 1 aromatic rings. The van der Waals surface area contributed by atoms with E-state index in [0.717, 1.165) is 18.6 Å². The van der Waals surface area contributed by atoms with Gasteiger partial charge in [0.2, 0.25) is 11.8 Å². The van der Waals surface area contributed by atoms with Crippen molar-refractivity contribution in [2.75, 3.05) is 20.2 Å². The number of hydrogen-bond donors (Lipinski definition) is 4. The zero-order valence-corrected chi connectivity index (χ0v) is 25.4. The van der Waals surface area contributed by atoms with E-state index in [9.17, 15) is 24.2 Å². The maximum Gasteiger partial charge on any atom is 0.238 e. The monoisotopic (exact) mass is 611 g/mol. The number of benzene rings is 1. The summed E-state index contributed by atoms with van der Waals surface area (Å²) in [5.41, 5.74) is 0.361. The maximum atomic E-state index is 16.0. The van der Waals surface area contributed by atoms with Gasteiger partial charge in [-0.15, -0.1) is 0 Å². The average Bonchev–Trinajstić information content (AvgIpc) is 2.98. The van der Waals surface area contributed by atoms with Crippen LogP contribution in [0.2, 0.25) is 5.02 Å². The minimum Gasteiger partial charge on any atom is -0.394 e. The quantitative estimate of drug-likeness (QED) is 0.310. The van der Waals surface area contributed by atoms with Gasteiger partial charge in [-0.25, -0.2) is 13.2 Å². The number of aliphatic hydroxyl groups is 2. The number of allylic oxidation sites excluding steroid dienone is 3. The second kappa shape index (κ2) is 12.7. The number of likely N-dealkylation sites (tertiary alicyclic amines) is 1. The minimum atomic E-state index is -1.21. The number of piperidine rings is 1. The Hall–Kier alpha value is -2.40. The molecular formula is C31H41ClF3N3O4. The van der Waals surface area contributed by atoms with Gasteiger partial charge >= 0.3 is 0 Å². The zero-order valence-electron chi connectivity index (χ0n) is 24.6. The SMILES string of the molecule is CC(C)CC(C)(C)C[C@@H]1C2C3=CC(F)=C(F)C2[C@@H](C(=O)N3)[C@@H](c2ccc(F)c(Cl)c2)[C@H](C(=O)NCC[C@H](O)CO)N1C. The largest absolute Gasteiger partial charge is 0.394 e. The van der Waals surface area contributed by atoms with Crippen LogP contribution >= 0.6 is 11.6 Å². The van der Waals surface area contributed by atoms with Crippen molar-refractivity contribution >= 4 is 23.4 Å². The number of carbonyl (C=O) groups excluding carboxylic acids is 2. The Labute approximate surface area is 250 Å². The molecule has 0 saturated carbocycles. The number of halogens is 4. The molecule has 0 spiro atoms. The first-order chi connectivity index (χ1) is 19.7. The van der Waals surface area contributed by atoms with Crippen LogP contribution in [0.4, 0.5) is 13.2 Å². The summed E-state index contributed by atoms with van der Waals surface area (Å²) in [5, 5.41) is 24.4. The molecule has 1 aromatic carbocycles. The molecule has 0 aromatic heterocycles. The topological polar surface area (TPSA) is 102 Å². The lowest BCUT2D eigenvalue weighted by atomic mass is 9.63. The molecule has 3 aliphatic rings. The first-order valence-corrected chi connectivity index (χ1v) is 14.9. The molecule has 2 aliphatic heterocycles. The van der Waals surface area contributed by atoms with Crippen LogP contribution in [-0.4, -0.2) is 65.3 Å². The lowest BCUT2D eigenvalue weighted by Crippen LogP contribution is -2.54. The van der Waals surface area contributed by atoms with E-state index in [-0.39, 0.29) is 29.1 Å². The number of hydrogen-bond acceptors (Lipinski definition) is 5. The summed E-state index contributed by atoms with van der Waals surface area (Å²) >= 11 is 6.17. The third-order valence-corrected chi connectivity index (χ3v) is 9.21. The number of nitrogens with zero attached hydrogens (tertiary/aromatic N) is 1. The molecule has 4 rings (SSSR count). The Balaban J connectivity index is 1.91. The number of likely N-dealkylation sites (N-methyl/N-ethyl adjacent to an activating group) is 1. The van der Waals surface area contributed by atoms with E-state index in [1.165, 1.54) is 12.1 Å². The second-order valence-electron chi connectivity index (χ2n) is 13.1. The van der Waals surface area contributed by atoms with Gasteiger partial charge in [-0.1, -0.05) is 45.4 Å². The fourth-order valence-electron chi connectivity index (χ4n) is 7.48. The lowest BCUT2D eigenvalue weighted by Gasteiger charge is -2.46. The van der Waals surface area contributed by atoms with Gasteiger partial charge < -0.3 is 20.8 Å². The van der Waals surface area contributed by atoms with Crippen LogP contribution in [0, 0.1) is 34.9 Å². The van der Waals surface area contributed by atoms with Crippen molar-refractivity contribution in [3.8, 4) is 0 Å². The molecule has 2 heterocycles. The molecule has 2 saturated heterocycles. The van der Waals surface area contributed by atoms with E-state index in [1.807, 2.05) is 4.90 Å². The van der Waals surface area contributed by atoms with Gasteiger partial charge in [0.05, 0.1) is 29.7 Å². The third-order valence-electron chi connectivity index (χ3n) is 8.92. The van der Waals surface area contributed by atoms with Crippen molar-refractivity contribution in [3.63, 3.8) is 0 Å². The molecule has 232 valence electrons. The van der Waals surface area contributed by atoms with E-state index in [0.29, 0.717) is 17.9 Å². The van der Waals surface area contributed by atoms with Gasteiger partial charge in [-0.3, -0.25) is 14.5 Å². The molecular weight excluding hydrogens is 571 g/mol. The van der Waals surface area contributed by atoms with E-state index in [4.69, 9.17) is 11.6 Å². The Bertz CT molecular complexity index is 1270. The number of nitrogens with one attached hydrogen (secondary N) is 2. The summed E-state index contributed by atoms with van der Waals surface area (Å²) < 4.78 is 45.3. The van der Waals surface area contributed by atoms with Gasteiger partial charge in [-0.05, 0) is 61.4 Å². The molecule has 2 fully saturated rings. The number of carbonyl (C=O) groups is 2. The summed E-state index contributed by atoms with van der Waals surface area (Å²) in [5.74, 6) is -7.56. The van der Waals surface area contributed by atoms with Crippen LogP contribution < -0.4 is 10.6 Å². The Morgan fingerprint density at radius 2 is 1.86 bits per heavy atom. The zero-order chi connectivity index (χ0) is 31.1. The highest BCUT2D eigenvalue weighted by molar-refractivity contribution is 6.30. The molecule has 4 N–H and O–H groups in total. The molecule has 7 nitrogen and oxygen atoms in total. The third kappa shape index (κ3) is 6.42. The van der Waals surface area contributed by atoms with Crippen LogP contribution in [0.1, 0.15) is 58.4 Å². The second-order valence-corrected chi connectivity index (χ2v) is 13.5. The molecule has 4 bridgehead atoms. The van der Waals surface area contributed by atoms with Crippen molar-refractivity contribution in [1.29, 1.82) is 0 Å². The van der Waals surface area contributed by atoms with Crippen LogP contribution in [0.5, 0.6) is 0 Å². The highest BCUT2D eigenvalue weighted by Gasteiger charge is 2.60. The molecule has 0 radical (unpaired) electrons. The number of rotatable bonds is 10. The summed E-state index contributed by atoms with van der Waals surface area (Å²) in [4.78, 5) is 29.6. The fourth-order valence-corrected chi connectivity index (χ4v) is 7.67. The van der Waals surface area contributed by atoms with Crippen LogP contribution in [-0.2, 0) is 9.59 Å². The van der Waals surface area contributed by atoms with Gasteiger partial charge in [-0.2, -0.15) is 0 Å². The average molecular weight is 612 g/mol. The van der Waals surface area contributed by atoms with Crippen molar-refractivity contribution in [1.82, 2.24) is 15.5 Å². The van der Waals surface area contributed by atoms with Gasteiger partial charge in [0.15, 0.2) is 5.83 Å². The summed E-state index contributed by atoms with van der Waals surface area (Å²) in [7, 11) is 1.75. The van der Waals surface area contributed by atoms with Crippen molar-refractivity contribution in [2.24, 2.45) is 29.1 Å². The maximum absolute atomic E-state index is 16.0. The van der Waals surface area contributed by atoms with Gasteiger partial charge in [0.1, 0.15) is 11.6 Å². The van der Waals surface area contributed by atoms with Crippen LogP contribution in [0.15, 0.2) is 41.6 Å². The molecule has 11 heteroatoms. The molecule has 1 aliphatic carbocycles. The van der Waals surface area contributed by atoms with E-state index >= 15 is 8.78 Å². The lowest BCUT2D eigenvalue weighted by molar-refractivity contribution is -0.131. The van der Waals surface area contributed by atoms with Crippen LogP contribution in [0.3, 0.4) is 0 Å². The normalized spacial score (nSPS) is 28.8. The smallest absolute Gasteiger partial charge is 0.238 e. The Kier molecular flexibility index (Phi) is 9.82. The van der Waals surface area contributed by atoms with Gasteiger partial charge in [0, 0.05) is 36.0 Å². The summed E-state index contributed by atoms with van der Waals surface area (Å²) in [6, 6.07) is 2.34. The highest BCUT2D eigenvalue weighted by Crippen LogP contribution is 2.55. The molecule has 42 heavy (non-hydrogen) atoms. The molecule has 2 amide bonds. The Morgan fingerprint density at radius 1 is 1.17 bits per heavy atom. The summed E-state index contributed by atoms with van der Waals surface area (Å²) in [6.07, 6.45) is 1.44. The minimum absolute atomic E-state index is 0.0308.